The lowest BCUT2D eigenvalue weighted by Crippen LogP contribution is -2.31. The first-order chi connectivity index (χ1) is 9.70. The number of nitro groups is 1. The number of amides is 1. The molecule has 0 bridgehead atoms. The number of anilines is 1. The van der Waals surface area contributed by atoms with Crippen molar-refractivity contribution in [2.75, 3.05) is 18.8 Å². The van der Waals surface area contributed by atoms with Crippen molar-refractivity contribution in [2.24, 2.45) is 11.3 Å². The van der Waals surface area contributed by atoms with E-state index in [9.17, 15) is 14.9 Å². The lowest BCUT2D eigenvalue weighted by molar-refractivity contribution is -0.385. The first kappa shape index (κ1) is 15.2. The van der Waals surface area contributed by atoms with Crippen molar-refractivity contribution in [2.45, 2.75) is 27.2 Å². The Morgan fingerprint density at radius 2 is 2.19 bits per heavy atom. The molecule has 1 aromatic rings. The second kappa shape index (κ2) is 5.31. The van der Waals surface area contributed by atoms with Crippen LogP contribution in [0.25, 0.3) is 0 Å². The van der Waals surface area contributed by atoms with Gasteiger partial charge in [-0.2, -0.15) is 0 Å². The summed E-state index contributed by atoms with van der Waals surface area (Å²) in [5.41, 5.74) is 5.71. The normalized spacial score (nSPS) is 18.8. The monoisotopic (exact) mass is 292 g/mol. The quantitative estimate of drug-likeness (QED) is 0.664. The summed E-state index contributed by atoms with van der Waals surface area (Å²) in [5, 5.41) is 10.8. The molecule has 1 atom stereocenters. The van der Waals surface area contributed by atoms with Crippen molar-refractivity contribution in [3.05, 3.63) is 27.9 Å². The molecular weight excluding hydrogens is 272 g/mol. The number of nitrogens with zero attached hydrogens (tertiary/aromatic N) is 3. The van der Waals surface area contributed by atoms with Crippen molar-refractivity contribution in [3.63, 3.8) is 0 Å². The Kier molecular flexibility index (Phi) is 3.85. The topological polar surface area (TPSA) is 102 Å². The van der Waals surface area contributed by atoms with Crippen LogP contribution in [0.5, 0.6) is 0 Å². The number of carbonyl (C=O) groups excluding carboxylic acids is 1. The van der Waals surface area contributed by atoms with Crippen LogP contribution in [0.15, 0.2) is 12.3 Å². The van der Waals surface area contributed by atoms with Gasteiger partial charge in [0.15, 0.2) is 0 Å². The molecule has 21 heavy (non-hydrogen) atoms. The molecule has 1 amide bonds. The Balaban J connectivity index is 2.22. The first-order valence-electron chi connectivity index (χ1n) is 6.89. The highest BCUT2D eigenvalue weighted by Crippen LogP contribution is 2.34. The Morgan fingerprint density at radius 1 is 1.52 bits per heavy atom. The standard InChI is InChI=1S/C14H20N4O3/c1-14(2,3)9-4-5-17(8-9)13(19)11-6-10(18(20)21)7-16-12(11)15/h6-7,9H,4-5,8H2,1-3H3,(H2,15,16). The van der Waals surface area contributed by atoms with E-state index in [1.54, 1.807) is 4.90 Å². The lowest BCUT2D eigenvalue weighted by Gasteiger charge is -2.27. The van der Waals surface area contributed by atoms with Gasteiger partial charge >= 0.3 is 0 Å². The Morgan fingerprint density at radius 3 is 2.71 bits per heavy atom. The maximum atomic E-state index is 12.5. The van der Waals surface area contributed by atoms with Gasteiger partial charge in [0.1, 0.15) is 12.0 Å². The zero-order chi connectivity index (χ0) is 15.8. The average Bonchev–Trinajstić information content (AvgIpc) is 2.87. The Bertz CT molecular complexity index is 580. The first-order valence-corrected chi connectivity index (χ1v) is 6.89. The van der Waals surface area contributed by atoms with Crippen molar-refractivity contribution in [1.82, 2.24) is 9.88 Å². The SMILES string of the molecule is CC(C)(C)C1CCN(C(=O)c2cc([N+](=O)[O-])cnc2N)C1. The van der Waals surface area contributed by atoms with Gasteiger partial charge in [-0.3, -0.25) is 14.9 Å². The van der Waals surface area contributed by atoms with E-state index >= 15 is 0 Å². The molecule has 0 saturated carbocycles. The Labute approximate surface area is 123 Å². The summed E-state index contributed by atoms with van der Waals surface area (Å²) < 4.78 is 0. The van der Waals surface area contributed by atoms with E-state index in [0.717, 1.165) is 12.6 Å². The predicted molar refractivity (Wildman–Crippen MR) is 78.8 cm³/mol. The average molecular weight is 292 g/mol. The van der Waals surface area contributed by atoms with Crippen LogP contribution in [0.3, 0.4) is 0 Å². The molecule has 7 heteroatoms. The van der Waals surface area contributed by atoms with Gasteiger partial charge in [-0.05, 0) is 17.8 Å². The zero-order valence-corrected chi connectivity index (χ0v) is 12.5. The van der Waals surface area contributed by atoms with Crippen LogP contribution < -0.4 is 5.73 Å². The van der Waals surface area contributed by atoms with E-state index in [2.05, 4.69) is 25.8 Å². The summed E-state index contributed by atoms with van der Waals surface area (Å²) in [6.45, 7) is 7.73. The minimum absolute atomic E-state index is 0.0322. The van der Waals surface area contributed by atoms with E-state index in [1.165, 1.54) is 6.07 Å². The summed E-state index contributed by atoms with van der Waals surface area (Å²) in [7, 11) is 0. The number of nitrogens with two attached hydrogens (primary N) is 1. The maximum absolute atomic E-state index is 12.5. The zero-order valence-electron chi connectivity index (χ0n) is 12.5. The van der Waals surface area contributed by atoms with Gasteiger partial charge in [0, 0.05) is 19.2 Å². The molecule has 1 fully saturated rings. The Hall–Kier alpha value is -2.18. The van der Waals surface area contributed by atoms with Gasteiger partial charge in [0.2, 0.25) is 0 Å². The van der Waals surface area contributed by atoms with E-state index < -0.39 is 4.92 Å². The van der Waals surface area contributed by atoms with Gasteiger partial charge in [-0.1, -0.05) is 20.8 Å². The summed E-state index contributed by atoms with van der Waals surface area (Å²) in [5.74, 6) is 0.162. The number of hydrogen-bond donors (Lipinski definition) is 1. The van der Waals surface area contributed by atoms with Crippen LogP contribution in [-0.2, 0) is 0 Å². The van der Waals surface area contributed by atoms with Crippen molar-refractivity contribution >= 4 is 17.4 Å². The van der Waals surface area contributed by atoms with Crippen LogP contribution in [0.1, 0.15) is 37.6 Å². The maximum Gasteiger partial charge on any atom is 0.288 e. The molecule has 0 aliphatic carbocycles. The van der Waals surface area contributed by atoms with Crippen LogP contribution in [-0.4, -0.2) is 33.8 Å². The summed E-state index contributed by atoms with van der Waals surface area (Å²) in [6, 6.07) is 1.20. The molecule has 7 nitrogen and oxygen atoms in total. The number of aromatic nitrogens is 1. The van der Waals surface area contributed by atoms with Gasteiger partial charge in [-0.25, -0.2) is 4.98 Å². The third-order valence-corrected chi connectivity index (χ3v) is 4.05. The second-order valence-electron chi connectivity index (χ2n) is 6.49. The molecule has 0 aromatic carbocycles. The fourth-order valence-corrected chi connectivity index (χ4v) is 2.56. The highest BCUT2D eigenvalue weighted by atomic mass is 16.6. The molecule has 2 N–H and O–H groups in total. The van der Waals surface area contributed by atoms with Crippen molar-refractivity contribution in [1.29, 1.82) is 0 Å². The van der Waals surface area contributed by atoms with Crippen LogP contribution >= 0.6 is 0 Å². The van der Waals surface area contributed by atoms with E-state index in [0.29, 0.717) is 19.0 Å². The minimum Gasteiger partial charge on any atom is -0.383 e. The smallest absolute Gasteiger partial charge is 0.288 e. The molecule has 2 heterocycles. The van der Waals surface area contributed by atoms with Crippen LogP contribution in [0.4, 0.5) is 11.5 Å². The van der Waals surface area contributed by atoms with Crippen LogP contribution in [0.2, 0.25) is 0 Å². The molecule has 2 rings (SSSR count). The minimum atomic E-state index is -0.578. The van der Waals surface area contributed by atoms with Crippen LogP contribution in [0, 0.1) is 21.4 Å². The van der Waals surface area contributed by atoms with Gasteiger partial charge < -0.3 is 10.6 Å². The number of rotatable bonds is 2. The van der Waals surface area contributed by atoms with Crippen molar-refractivity contribution in [3.8, 4) is 0 Å². The third-order valence-electron chi connectivity index (χ3n) is 4.05. The highest BCUT2D eigenvalue weighted by Gasteiger charge is 2.35. The lowest BCUT2D eigenvalue weighted by atomic mass is 9.80. The van der Waals surface area contributed by atoms with Gasteiger partial charge in [0.25, 0.3) is 11.6 Å². The highest BCUT2D eigenvalue weighted by molar-refractivity contribution is 5.99. The predicted octanol–water partition coefficient (Wildman–Crippen LogP) is 2.08. The van der Waals surface area contributed by atoms with Gasteiger partial charge in [0.05, 0.1) is 10.5 Å². The van der Waals surface area contributed by atoms with Crippen molar-refractivity contribution < 1.29 is 9.72 Å². The molecule has 0 spiro atoms. The largest absolute Gasteiger partial charge is 0.383 e. The second-order valence-corrected chi connectivity index (χ2v) is 6.49. The molecular formula is C14H20N4O3. The third kappa shape index (κ3) is 3.12. The van der Waals surface area contributed by atoms with E-state index in [4.69, 9.17) is 5.73 Å². The number of likely N-dealkylation sites (tertiary alicyclic amines) is 1. The summed E-state index contributed by atoms with van der Waals surface area (Å²) in [4.78, 5) is 28.2. The molecule has 1 aliphatic heterocycles. The summed E-state index contributed by atoms with van der Waals surface area (Å²) >= 11 is 0. The summed E-state index contributed by atoms with van der Waals surface area (Å²) in [6.07, 6.45) is 1.99. The molecule has 1 saturated heterocycles. The van der Waals surface area contributed by atoms with Gasteiger partial charge in [-0.15, -0.1) is 0 Å². The van der Waals surface area contributed by atoms with E-state index in [-0.39, 0.29) is 28.4 Å². The number of hydrogen-bond acceptors (Lipinski definition) is 5. The fraction of sp³-hybridized carbons (Fsp3) is 0.571. The number of pyridine rings is 1. The fourth-order valence-electron chi connectivity index (χ4n) is 2.56. The number of carbonyl (C=O) groups is 1. The molecule has 0 radical (unpaired) electrons. The molecule has 1 aromatic heterocycles. The molecule has 1 aliphatic rings. The number of nitrogen functional groups attached to an aromatic ring is 1. The molecule has 1 unspecified atom stereocenters. The molecule has 114 valence electrons. The van der Waals surface area contributed by atoms with E-state index in [1.807, 2.05) is 0 Å².